The highest BCUT2D eigenvalue weighted by Crippen LogP contribution is 2.39. The van der Waals surface area contributed by atoms with Crippen LogP contribution >= 0.6 is 23.1 Å². The largest absolute Gasteiger partial charge is 0.298 e. The maximum absolute atomic E-state index is 4.58. The van der Waals surface area contributed by atoms with Crippen molar-refractivity contribution < 1.29 is 0 Å². The maximum Gasteiger partial charge on any atom is 0.192 e. The third-order valence-electron chi connectivity index (χ3n) is 4.80. The lowest BCUT2D eigenvalue weighted by Crippen LogP contribution is -2.01. The molecule has 0 aliphatic heterocycles. The average Bonchev–Trinajstić information content (AvgIpc) is 3.31. The molecule has 0 bridgehead atoms. The molecule has 4 aromatic rings. The summed E-state index contributed by atoms with van der Waals surface area (Å²) in [5, 5.41) is 12.2. The SMILES string of the molecule is C=CCn1c(SCc2ccc(C)cc2)nnc1-c1csc(C)c1-c1ccccc1. The maximum atomic E-state index is 4.58. The third kappa shape index (κ3) is 4.21. The van der Waals surface area contributed by atoms with E-state index >= 15 is 0 Å². The molecule has 2 aromatic carbocycles. The van der Waals surface area contributed by atoms with E-state index in [-0.39, 0.29) is 0 Å². The minimum absolute atomic E-state index is 0.682. The molecule has 3 nitrogen and oxygen atoms in total. The van der Waals surface area contributed by atoms with Crippen LogP contribution in [0.1, 0.15) is 16.0 Å². The summed E-state index contributed by atoms with van der Waals surface area (Å²) in [5.74, 6) is 1.77. The van der Waals surface area contributed by atoms with Crippen LogP contribution in [0.2, 0.25) is 0 Å². The van der Waals surface area contributed by atoms with E-state index in [0.717, 1.165) is 22.3 Å². The fourth-order valence-electron chi connectivity index (χ4n) is 3.30. The van der Waals surface area contributed by atoms with Gasteiger partial charge in [0.1, 0.15) is 0 Å². The van der Waals surface area contributed by atoms with Crippen LogP contribution in [0.3, 0.4) is 0 Å². The number of rotatable bonds is 7. The normalized spacial score (nSPS) is 11.0. The van der Waals surface area contributed by atoms with Gasteiger partial charge in [-0.3, -0.25) is 4.57 Å². The molecular formula is C24H23N3S2. The van der Waals surface area contributed by atoms with Crippen LogP contribution in [0.5, 0.6) is 0 Å². The minimum atomic E-state index is 0.682. The second-order valence-corrected chi connectivity index (χ2v) is 8.95. The summed E-state index contributed by atoms with van der Waals surface area (Å²) in [6.07, 6.45) is 1.91. The Bertz CT molecular complexity index is 1110. The molecular weight excluding hydrogens is 394 g/mol. The zero-order valence-electron chi connectivity index (χ0n) is 16.6. The number of aryl methyl sites for hydroxylation is 2. The summed E-state index contributed by atoms with van der Waals surface area (Å²) in [7, 11) is 0. The minimum Gasteiger partial charge on any atom is -0.298 e. The van der Waals surface area contributed by atoms with E-state index in [0.29, 0.717) is 6.54 Å². The molecule has 0 atom stereocenters. The van der Waals surface area contributed by atoms with E-state index in [1.165, 1.54) is 27.1 Å². The number of thiophene rings is 1. The van der Waals surface area contributed by atoms with Gasteiger partial charge in [0.25, 0.3) is 0 Å². The Morgan fingerprint density at radius 2 is 1.79 bits per heavy atom. The smallest absolute Gasteiger partial charge is 0.192 e. The van der Waals surface area contributed by atoms with E-state index in [1.807, 2.05) is 12.1 Å². The summed E-state index contributed by atoms with van der Waals surface area (Å²) >= 11 is 3.47. The van der Waals surface area contributed by atoms with Gasteiger partial charge in [-0.25, -0.2) is 0 Å². The van der Waals surface area contributed by atoms with Gasteiger partial charge in [0.2, 0.25) is 0 Å². The Morgan fingerprint density at radius 1 is 1.03 bits per heavy atom. The topological polar surface area (TPSA) is 30.7 Å². The molecule has 0 aliphatic rings. The van der Waals surface area contributed by atoms with Gasteiger partial charge in [-0.1, -0.05) is 78.0 Å². The first-order valence-electron chi connectivity index (χ1n) is 9.53. The van der Waals surface area contributed by atoms with Gasteiger partial charge in [0, 0.05) is 33.7 Å². The Hall–Kier alpha value is -2.63. The van der Waals surface area contributed by atoms with Crippen molar-refractivity contribution in [2.75, 3.05) is 0 Å². The van der Waals surface area contributed by atoms with Gasteiger partial charge in [0.05, 0.1) is 0 Å². The number of hydrogen-bond donors (Lipinski definition) is 0. The van der Waals surface area contributed by atoms with Crippen molar-refractivity contribution in [3.05, 3.63) is 88.6 Å². The van der Waals surface area contributed by atoms with Crippen molar-refractivity contribution in [1.29, 1.82) is 0 Å². The molecule has 29 heavy (non-hydrogen) atoms. The Labute approximate surface area is 180 Å². The lowest BCUT2D eigenvalue weighted by Gasteiger charge is -2.10. The van der Waals surface area contributed by atoms with Gasteiger partial charge >= 0.3 is 0 Å². The van der Waals surface area contributed by atoms with Crippen molar-refractivity contribution in [2.24, 2.45) is 0 Å². The Kier molecular flexibility index (Phi) is 5.97. The quantitative estimate of drug-likeness (QED) is 0.246. The zero-order valence-corrected chi connectivity index (χ0v) is 18.3. The lowest BCUT2D eigenvalue weighted by molar-refractivity contribution is 0.731. The van der Waals surface area contributed by atoms with Crippen LogP contribution < -0.4 is 0 Å². The van der Waals surface area contributed by atoms with Crippen LogP contribution in [-0.2, 0) is 12.3 Å². The molecule has 4 rings (SSSR count). The Morgan fingerprint density at radius 3 is 2.52 bits per heavy atom. The molecule has 0 spiro atoms. The highest BCUT2D eigenvalue weighted by molar-refractivity contribution is 7.98. The molecule has 0 saturated heterocycles. The van der Waals surface area contributed by atoms with Gasteiger partial charge in [0.15, 0.2) is 11.0 Å². The number of benzene rings is 2. The monoisotopic (exact) mass is 417 g/mol. The molecule has 0 N–H and O–H groups in total. The molecule has 146 valence electrons. The van der Waals surface area contributed by atoms with Crippen molar-refractivity contribution in [3.8, 4) is 22.5 Å². The van der Waals surface area contributed by atoms with E-state index in [1.54, 1.807) is 23.1 Å². The van der Waals surface area contributed by atoms with Gasteiger partial charge < -0.3 is 0 Å². The van der Waals surface area contributed by atoms with Crippen molar-refractivity contribution >= 4 is 23.1 Å². The fraction of sp³-hybridized carbons (Fsp3) is 0.167. The highest BCUT2D eigenvalue weighted by Gasteiger charge is 2.20. The molecule has 2 aromatic heterocycles. The van der Waals surface area contributed by atoms with Crippen LogP contribution in [0, 0.1) is 13.8 Å². The summed E-state index contributed by atoms with van der Waals surface area (Å²) < 4.78 is 2.17. The van der Waals surface area contributed by atoms with Crippen LogP contribution in [0.25, 0.3) is 22.5 Å². The van der Waals surface area contributed by atoms with E-state index in [4.69, 9.17) is 0 Å². The predicted molar refractivity (Wildman–Crippen MR) is 124 cm³/mol. The van der Waals surface area contributed by atoms with Gasteiger partial charge in [-0.15, -0.1) is 28.1 Å². The zero-order chi connectivity index (χ0) is 20.2. The number of aromatic nitrogens is 3. The van der Waals surface area contributed by atoms with Crippen molar-refractivity contribution in [2.45, 2.75) is 31.3 Å². The first-order valence-corrected chi connectivity index (χ1v) is 11.4. The summed E-state index contributed by atoms with van der Waals surface area (Å²) in [6.45, 7) is 8.90. The van der Waals surface area contributed by atoms with E-state index in [2.05, 4.69) is 89.1 Å². The molecule has 2 heterocycles. The Balaban J connectivity index is 1.69. The second kappa shape index (κ2) is 8.80. The molecule has 0 unspecified atom stereocenters. The standard InChI is InChI=1S/C24H23N3S2/c1-4-14-27-23(21-16-28-18(3)22(21)20-8-6-5-7-9-20)25-26-24(27)29-15-19-12-10-17(2)11-13-19/h4-13,16H,1,14-15H2,2-3H3. The molecule has 5 heteroatoms. The van der Waals surface area contributed by atoms with Gasteiger partial charge in [-0.2, -0.15) is 0 Å². The molecule has 0 radical (unpaired) electrons. The van der Waals surface area contributed by atoms with Crippen molar-refractivity contribution in [3.63, 3.8) is 0 Å². The molecule has 0 amide bonds. The van der Waals surface area contributed by atoms with Crippen LogP contribution in [0.15, 0.2) is 77.8 Å². The second-order valence-electron chi connectivity index (χ2n) is 6.93. The average molecular weight is 418 g/mol. The predicted octanol–water partition coefficient (Wildman–Crippen LogP) is 6.77. The molecule has 0 saturated carbocycles. The first kappa shape index (κ1) is 19.7. The van der Waals surface area contributed by atoms with Crippen LogP contribution in [-0.4, -0.2) is 14.8 Å². The first-order chi connectivity index (χ1) is 14.2. The number of allylic oxidation sites excluding steroid dienone is 1. The number of nitrogens with zero attached hydrogens (tertiary/aromatic N) is 3. The van der Waals surface area contributed by atoms with E-state index < -0.39 is 0 Å². The molecule has 0 aliphatic carbocycles. The summed E-state index contributed by atoms with van der Waals surface area (Å²) in [4.78, 5) is 1.29. The summed E-state index contributed by atoms with van der Waals surface area (Å²) in [6, 6.07) is 19.2. The molecule has 0 fully saturated rings. The fourth-order valence-corrected chi connectivity index (χ4v) is 5.07. The third-order valence-corrected chi connectivity index (χ3v) is 6.74. The van der Waals surface area contributed by atoms with Crippen LogP contribution in [0.4, 0.5) is 0 Å². The summed E-state index contributed by atoms with van der Waals surface area (Å²) in [5.41, 5.74) is 6.14. The number of hydrogen-bond acceptors (Lipinski definition) is 4. The van der Waals surface area contributed by atoms with E-state index in [9.17, 15) is 0 Å². The number of thioether (sulfide) groups is 1. The van der Waals surface area contributed by atoms with Gasteiger partial charge in [-0.05, 0) is 25.0 Å². The highest BCUT2D eigenvalue weighted by atomic mass is 32.2. The lowest BCUT2D eigenvalue weighted by atomic mass is 10.0. The van der Waals surface area contributed by atoms with Crippen molar-refractivity contribution in [1.82, 2.24) is 14.8 Å².